The normalized spacial score (nSPS) is 17.5. The summed E-state index contributed by atoms with van der Waals surface area (Å²) in [5.41, 5.74) is 0.825. The van der Waals surface area contributed by atoms with Crippen LogP contribution in [0.5, 0.6) is 0 Å². The zero-order valence-corrected chi connectivity index (χ0v) is 25.2. The average molecular weight is 506 g/mol. The van der Waals surface area contributed by atoms with Gasteiger partial charge in [-0.1, -0.05) is 82.6 Å². The third-order valence-corrected chi connectivity index (χ3v) is 6.20. The summed E-state index contributed by atoms with van der Waals surface area (Å²) < 4.78 is 2.48. The summed E-state index contributed by atoms with van der Waals surface area (Å²) in [5, 5.41) is 22.3. The van der Waals surface area contributed by atoms with E-state index in [9.17, 15) is 19.8 Å². The van der Waals surface area contributed by atoms with Crippen LogP contribution in [0, 0.1) is 16.2 Å². The molecule has 0 radical (unpaired) electrons. The van der Waals surface area contributed by atoms with Gasteiger partial charge >= 0.3 is 48.5 Å². The van der Waals surface area contributed by atoms with Crippen molar-refractivity contribution in [2.75, 3.05) is 0 Å². The quantitative estimate of drug-likeness (QED) is 0.566. The molecule has 1 atom stereocenters. The maximum atomic E-state index is 11.7. The Hall–Kier alpha value is -0.426. The van der Waals surface area contributed by atoms with Gasteiger partial charge in [-0.3, -0.25) is 4.79 Å². The number of carbonyl (C=O) groups is 2. The van der Waals surface area contributed by atoms with Gasteiger partial charge in [0.1, 0.15) is 0 Å². The number of amides is 2. The molecule has 1 aliphatic carbocycles. The number of hydrogen-bond donors (Lipinski definition) is 2. The summed E-state index contributed by atoms with van der Waals surface area (Å²) in [7, 11) is 0. The van der Waals surface area contributed by atoms with Gasteiger partial charge in [-0.05, 0) is 35.5 Å². The molecule has 2 amide bonds. The van der Waals surface area contributed by atoms with Crippen LogP contribution in [0.15, 0.2) is 0 Å². The fourth-order valence-corrected chi connectivity index (χ4v) is 4.58. The van der Waals surface area contributed by atoms with Gasteiger partial charge in [0.05, 0.1) is 0 Å². The summed E-state index contributed by atoms with van der Waals surface area (Å²) in [6.45, 7) is 24.4. The van der Waals surface area contributed by atoms with Crippen LogP contribution in [0.4, 0.5) is 0 Å². The predicted molar refractivity (Wildman–Crippen MR) is 131 cm³/mol. The van der Waals surface area contributed by atoms with E-state index in [1.807, 2.05) is 13.8 Å². The van der Waals surface area contributed by atoms with Crippen molar-refractivity contribution in [3.8, 4) is 0 Å². The van der Waals surface area contributed by atoms with Gasteiger partial charge in [-0.15, -0.1) is 12.2 Å². The second kappa shape index (κ2) is 17.9. The fraction of sp³-hybridized carbons (Fsp3) is 0.923. The van der Waals surface area contributed by atoms with E-state index in [0.717, 1.165) is 12.8 Å². The van der Waals surface area contributed by atoms with Gasteiger partial charge in [-0.25, -0.2) is 0 Å². The standard InChI is InChI=1S/C17H33NO.C3H7NO.2C3H7O.Ti/c1-8-14(19)18-13-10-9-11-17(12-13,15(2,3)4)16(5,6)7;1-2-3(4)5;2*1-3(2)4;/h13H,8-12H2,1-7H3,(H,18,19);2H2,1H3,(H2,4,5);2*3H,1-2H3;/q;;2*-1;+3/p-1. The Bertz CT molecular complexity index is 492. The van der Waals surface area contributed by atoms with Crippen LogP contribution in [-0.4, -0.2) is 30.1 Å². The Labute approximate surface area is 217 Å². The molecule has 7 heteroatoms. The fourth-order valence-electron chi connectivity index (χ4n) is 4.30. The molecule has 1 unspecified atom stereocenters. The third-order valence-electron chi connectivity index (χ3n) is 5.77. The molecule has 1 rings (SSSR count). The molecule has 0 aliphatic heterocycles. The average Bonchev–Trinajstić information content (AvgIpc) is 2.65. The zero-order chi connectivity index (χ0) is 27.0. The van der Waals surface area contributed by atoms with Gasteiger partial charge in [-0.2, -0.15) is 0 Å². The first kappa shape index (κ1) is 37.1. The summed E-state index contributed by atoms with van der Waals surface area (Å²) in [4.78, 5) is 21.7. The number of rotatable bonds is 3. The van der Waals surface area contributed by atoms with Crippen LogP contribution in [0.3, 0.4) is 0 Å². The molecule has 0 spiro atoms. The van der Waals surface area contributed by atoms with Crippen molar-refractivity contribution < 1.29 is 40.5 Å². The Balaban J connectivity index is -0.000000525. The molecule has 2 N–H and O–H groups in total. The van der Waals surface area contributed by atoms with Crippen molar-refractivity contribution in [2.24, 2.45) is 16.2 Å². The van der Waals surface area contributed by atoms with Gasteiger partial charge in [0, 0.05) is 12.5 Å². The van der Waals surface area contributed by atoms with Gasteiger partial charge < -0.3 is 15.5 Å². The molecule has 0 saturated heterocycles. The molecular formula is C26H53N2O4Ti. The van der Waals surface area contributed by atoms with E-state index in [4.69, 9.17) is 0 Å². The van der Waals surface area contributed by atoms with Crippen molar-refractivity contribution in [3.05, 3.63) is 0 Å². The van der Waals surface area contributed by atoms with Crippen molar-refractivity contribution in [3.63, 3.8) is 0 Å². The molecule has 1 saturated carbocycles. The molecule has 0 bridgehead atoms. The van der Waals surface area contributed by atoms with Gasteiger partial charge in [0.25, 0.3) is 0 Å². The summed E-state index contributed by atoms with van der Waals surface area (Å²) in [6.07, 6.45) is 5.10. The second-order valence-corrected chi connectivity index (χ2v) is 11.7. The van der Waals surface area contributed by atoms with Crippen LogP contribution in [0.25, 0.3) is 0 Å². The molecule has 0 aromatic heterocycles. The van der Waals surface area contributed by atoms with E-state index in [-0.39, 0.29) is 22.6 Å². The van der Waals surface area contributed by atoms with Crippen LogP contribution in [0.2, 0.25) is 0 Å². The number of carbonyl (C=O) groups excluding carboxylic acids is 2. The number of hydrogen-bond acceptors (Lipinski definition) is 4. The maximum absolute atomic E-state index is 11.7. The van der Waals surface area contributed by atoms with Gasteiger partial charge in [0.15, 0.2) is 0 Å². The molecule has 0 aromatic rings. The van der Waals surface area contributed by atoms with Crippen LogP contribution in [-0.2, 0) is 30.3 Å². The zero-order valence-electron chi connectivity index (χ0n) is 23.6. The minimum absolute atomic E-state index is 0.0926. The molecule has 1 aliphatic rings. The Morgan fingerprint density at radius 1 is 0.909 bits per heavy atom. The van der Waals surface area contributed by atoms with Crippen molar-refractivity contribution in [2.45, 2.75) is 140 Å². The van der Waals surface area contributed by atoms with E-state index in [2.05, 4.69) is 50.7 Å². The topological polar surface area (TPSA) is 104 Å². The molecule has 1 fully saturated rings. The monoisotopic (exact) mass is 505 g/mol. The molecular weight excluding hydrogens is 452 g/mol. The molecule has 0 heterocycles. The Morgan fingerprint density at radius 2 is 1.27 bits per heavy atom. The molecule has 195 valence electrons. The molecule has 6 nitrogen and oxygen atoms in total. The third kappa shape index (κ3) is 17.6. The van der Waals surface area contributed by atoms with Crippen molar-refractivity contribution in [1.82, 2.24) is 9.12 Å². The van der Waals surface area contributed by atoms with Crippen molar-refractivity contribution >= 4 is 11.8 Å². The summed E-state index contributed by atoms with van der Waals surface area (Å²) >= 11 is 1.63. The SMILES string of the molecule is CC(C)[O-].CC(C)[O-].CCC(=O)NC1CCCC(C(C)(C)C)(C(C)(C)C)C1.CCC(=O)[NH][Ti+2]. The van der Waals surface area contributed by atoms with E-state index >= 15 is 0 Å². The van der Waals surface area contributed by atoms with Crippen molar-refractivity contribution in [1.29, 1.82) is 0 Å². The van der Waals surface area contributed by atoms with E-state index in [1.54, 1.807) is 48.4 Å². The Kier molecular flexibility index (Phi) is 20.2. The first-order valence-electron chi connectivity index (χ1n) is 12.4. The van der Waals surface area contributed by atoms with Crippen LogP contribution in [0.1, 0.15) is 122 Å². The van der Waals surface area contributed by atoms with Crippen LogP contribution >= 0.6 is 0 Å². The second-order valence-electron chi connectivity index (χ2n) is 11.3. The number of nitrogens with one attached hydrogen (secondary N) is 2. The van der Waals surface area contributed by atoms with Gasteiger partial charge in [0.2, 0.25) is 5.91 Å². The Morgan fingerprint density at radius 3 is 1.52 bits per heavy atom. The predicted octanol–water partition coefficient (Wildman–Crippen LogP) is 4.02. The van der Waals surface area contributed by atoms with E-state index in [0.29, 0.717) is 24.3 Å². The molecule has 33 heavy (non-hydrogen) atoms. The molecule has 0 aromatic carbocycles. The summed E-state index contributed by atoms with van der Waals surface area (Å²) in [6, 6.07) is 0.361. The summed E-state index contributed by atoms with van der Waals surface area (Å²) in [5.74, 6) is 0.290. The first-order chi connectivity index (χ1) is 14.8. The van der Waals surface area contributed by atoms with Crippen LogP contribution < -0.4 is 19.3 Å². The van der Waals surface area contributed by atoms with E-state index < -0.39 is 12.2 Å². The minimum atomic E-state index is -0.417. The first-order valence-corrected chi connectivity index (χ1v) is 13.2. The van der Waals surface area contributed by atoms with E-state index in [1.165, 1.54) is 12.8 Å².